The van der Waals surface area contributed by atoms with E-state index in [1.54, 1.807) is 12.1 Å². The van der Waals surface area contributed by atoms with Crippen LogP contribution in [0.15, 0.2) is 42.5 Å². The highest BCUT2D eigenvalue weighted by molar-refractivity contribution is 6.32. The van der Waals surface area contributed by atoms with Gasteiger partial charge in [-0.15, -0.1) is 0 Å². The van der Waals surface area contributed by atoms with Gasteiger partial charge >= 0.3 is 0 Å². The predicted molar refractivity (Wildman–Crippen MR) is 120 cm³/mol. The fraction of sp³-hybridized carbons (Fsp3) is 0.435. The zero-order valence-corrected chi connectivity index (χ0v) is 18.5. The second kappa shape index (κ2) is 11.2. The monoisotopic (exact) mass is 431 g/mol. The quantitative estimate of drug-likeness (QED) is 0.660. The minimum atomic E-state index is -0.166. The highest BCUT2D eigenvalue weighted by Crippen LogP contribution is 2.36. The Balaban J connectivity index is 1.43. The van der Waals surface area contributed by atoms with Crippen molar-refractivity contribution in [1.29, 1.82) is 0 Å². The number of ether oxygens (including phenoxy) is 2. The molecule has 7 heteroatoms. The number of benzene rings is 2. The van der Waals surface area contributed by atoms with Crippen molar-refractivity contribution in [2.75, 3.05) is 53.0 Å². The number of methoxy groups -OCH3 is 1. The number of nitrogens with zero attached hydrogens (tertiary/aromatic N) is 2. The molecule has 1 saturated heterocycles. The molecule has 162 valence electrons. The molecule has 6 nitrogen and oxygen atoms in total. The zero-order valence-electron chi connectivity index (χ0n) is 17.7. The van der Waals surface area contributed by atoms with Crippen LogP contribution in [0.3, 0.4) is 0 Å². The zero-order chi connectivity index (χ0) is 21.3. The maximum Gasteiger partial charge on any atom is 0.251 e. The molecule has 30 heavy (non-hydrogen) atoms. The first kappa shape index (κ1) is 22.4. The van der Waals surface area contributed by atoms with Crippen LogP contribution < -0.4 is 14.8 Å². The van der Waals surface area contributed by atoms with Gasteiger partial charge in [0.15, 0.2) is 11.5 Å². The molecule has 2 aromatic rings. The summed E-state index contributed by atoms with van der Waals surface area (Å²) in [5.74, 6) is 0.761. The largest absolute Gasteiger partial charge is 0.493 e. The number of carbonyl (C=O) groups is 1. The smallest absolute Gasteiger partial charge is 0.251 e. The summed E-state index contributed by atoms with van der Waals surface area (Å²) in [5.41, 5.74) is 1.82. The van der Waals surface area contributed by atoms with Crippen molar-refractivity contribution in [3.05, 3.63) is 58.6 Å². The van der Waals surface area contributed by atoms with Crippen molar-refractivity contribution in [3.63, 3.8) is 0 Å². The van der Waals surface area contributed by atoms with E-state index in [4.69, 9.17) is 21.1 Å². The molecule has 1 amide bonds. The van der Waals surface area contributed by atoms with Crippen LogP contribution in [0.2, 0.25) is 5.02 Å². The lowest BCUT2D eigenvalue weighted by Gasteiger charge is -2.34. The van der Waals surface area contributed by atoms with Gasteiger partial charge in [0, 0.05) is 51.4 Å². The number of piperazine rings is 1. The normalized spacial score (nSPS) is 15.0. The van der Waals surface area contributed by atoms with Crippen LogP contribution in [0.5, 0.6) is 11.5 Å². The third-order valence-corrected chi connectivity index (χ3v) is 5.49. The van der Waals surface area contributed by atoms with Gasteiger partial charge in [-0.3, -0.25) is 14.6 Å². The van der Waals surface area contributed by atoms with Crippen LogP contribution in [0, 0.1) is 0 Å². The van der Waals surface area contributed by atoms with E-state index in [1.807, 2.05) is 13.0 Å². The van der Waals surface area contributed by atoms with E-state index >= 15 is 0 Å². The molecular weight excluding hydrogens is 402 g/mol. The maximum atomic E-state index is 12.5. The van der Waals surface area contributed by atoms with E-state index in [0.717, 1.165) is 39.3 Å². The second-order valence-electron chi connectivity index (χ2n) is 7.28. The van der Waals surface area contributed by atoms with Crippen molar-refractivity contribution in [2.45, 2.75) is 13.5 Å². The molecule has 1 aliphatic rings. The van der Waals surface area contributed by atoms with E-state index < -0.39 is 0 Å². The Morgan fingerprint density at radius 3 is 2.47 bits per heavy atom. The second-order valence-corrected chi connectivity index (χ2v) is 7.69. The van der Waals surface area contributed by atoms with Gasteiger partial charge in [0.25, 0.3) is 5.91 Å². The Morgan fingerprint density at radius 2 is 1.80 bits per heavy atom. The van der Waals surface area contributed by atoms with Crippen molar-refractivity contribution < 1.29 is 14.3 Å². The summed E-state index contributed by atoms with van der Waals surface area (Å²) in [6, 6.07) is 13.8. The van der Waals surface area contributed by atoms with Crippen LogP contribution in [0.4, 0.5) is 0 Å². The molecule has 1 fully saturated rings. The molecule has 0 unspecified atom stereocenters. The predicted octanol–water partition coefficient (Wildman–Crippen LogP) is 3.29. The molecule has 0 aromatic heterocycles. The van der Waals surface area contributed by atoms with Crippen LogP contribution in [0.25, 0.3) is 0 Å². The summed E-state index contributed by atoms with van der Waals surface area (Å²) in [6.45, 7) is 8.83. The highest BCUT2D eigenvalue weighted by Gasteiger charge is 2.18. The van der Waals surface area contributed by atoms with Crippen molar-refractivity contribution in [3.8, 4) is 11.5 Å². The summed E-state index contributed by atoms with van der Waals surface area (Å²) >= 11 is 6.27. The molecule has 0 bridgehead atoms. The van der Waals surface area contributed by atoms with Gasteiger partial charge in [0.1, 0.15) is 0 Å². The van der Waals surface area contributed by atoms with Gasteiger partial charge in [-0.1, -0.05) is 41.9 Å². The van der Waals surface area contributed by atoms with Crippen LogP contribution >= 0.6 is 11.6 Å². The average molecular weight is 432 g/mol. The first-order chi connectivity index (χ1) is 14.6. The van der Waals surface area contributed by atoms with Gasteiger partial charge in [0.05, 0.1) is 18.7 Å². The summed E-state index contributed by atoms with van der Waals surface area (Å²) < 4.78 is 10.8. The van der Waals surface area contributed by atoms with Crippen LogP contribution in [-0.2, 0) is 6.54 Å². The molecule has 0 radical (unpaired) electrons. The summed E-state index contributed by atoms with van der Waals surface area (Å²) in [6.07, 6.45) is 0. The molecule has 1 N–H and O–H groups in total. The Bertz CT molecular complexity index is 824. The molecule has 1 heterocycles. The number of nitrogens with one attached hydrogen (secondary N) is 1. The number of hydrogen-bond acceptors (Lipinski definition) is 5. The van der Waals surface area contributed by atoms with E-state index in [0.29, 0.717) is 35.2 Å². The number of amides is 1. The van der Waals surface area contributed by atoms with Crippen LogP contribution in [-0.4, -0.2) is 68.7 Å². The Labute approximate surface area is 183 Å². The Kier molecular flexibility index (Phi) is 8.37. The van der Waals surface area contributed by atoms with Gasteiger partial charge < -0.3 is 14.8 Å². The van der Waals surface area contributed by atoms with E-state index in [1.165, 1.54) is 12.7 Å². The Hall–Kier alpha value is -2.28. The molecule has 2 aromatic carbocycles. The van der Waals surface area contributed by atoms with Crippen molar-refractivity contribution in [1.82, 2.24) is 15.1 Å². The van der Waals surface area contributed by atoms with Crippen LogP contribution in [0.1, 0.15) is 22.8 Å². The minimum Gasteiger partial charge on any atom is -0.493 e. The first-order valence-electron chi connectivity index (χ1n) is 10.4. The van der Waals surface area contributed by atoms with Gasteiger partial charge in [0.2, 0.25) is 0 Å². The molecule has 0 spiro atoms. The maximum absolute atomic E-state index is 12.5. The summed E-state index contributed by atoms with van der Waals surface area (Å²) in [7, 11) is 1.54. The van der Waals surface area contributed by atoms with Crippen molar-refractivity contribution >= 4 is 17.5 Å². The van der Waals surface area contributed by atoms with E-state index in [-0.39, 0.29) is 5.91 Å². The number of rotatable bonds is 9. The number of hydrogen-bond donors (Lipinski definition) is 1. The third-order valence-electron chi connectivity index (χ3n) is 5.21. The molecule has 3 rings (SSSR count). The lowest BCUT2D eigenvalue weighted by Crippen LogP contribution is -2.48. The first-order valence-corrected chi connectivity index (χ1v) is 10.8. The Morgan fingerprint density at radius 1 is 1.10 bits per heavy atom. The molecule has 0 saturated carbocycles. The topological polar surface area (TPSA) is 54.0 Å². The van der Waals surface area contributed by atoms with E-state index in [2.05, 4.69) is 39.4 Å². The van der Waals surface area contributed by atoms with Crippen molar-refractivity contribution in [2.24, 2.45) is 0 Å². The lowest BCUT2D eigenvalue weighted by molar-refractivity contribution is 0.0933. The average Bonchev–Trinajstić information content (AvgIpc) is 2.77. The summed E-state index contributed by atoms with van der Waals surface area (Å²) in [5, 5.41) is 3.35. The minimum absolute atomic E-state index is 0.166. The van der Waals surface area contributed by atoms with Gasteiger partial charge in [-0.05, 0) is 24.6 Å². The lowest BCUT2D eigenvalue weighted by atomic mass is 10.2. The standard InChI is InChI=1S/C23H30ClN3O3/c1-3-30-22-20(24)15-19(16-21(22)29-2)23(28)25-9-10-26-11-13-27(14-12-26)17-18-7-5-4-6-8-18/h4-8,15-16H,3,9-14,17H2,1-2H3,(H,25,28). The molecule has 0 aliphatic carbocycles. The molecule has 0 atom stereocenters. The molecular formula is C23H30ClN3O3. The molecule has 1 aliphatic heterocycles. The SMILES string of the molecule is CCOc1c(Cl)cc(C(=O)NCCN2CCN(Cc3ccccc3)CC2)cc1OC. The van der Waals surface area contributed by atoms with Gasteiger partial charge in [-0.2, -0.15) is 0 Å². The number of halogens is 1. The fourth-order valence-electron chi connectivity index (χ4n) is 3.58. The summed E-state index contributed by atoms with van der Waals surface area (Å²) in [4.78, 5) is 17.4. The van der Waals surface area contributed by atoms with E-state index in [9.17, 15) is 4.79 Å². The van der Waals surface area contributed by atoms with Gasteiger partial charge in [-0.25, -0.2) is 0 Å². The fourth-order valence-corrected chi connectivity index (χ4v) is 3.84. The number of carbonyl (C=O) groups excluding carboxylic acids is 1. The highest BCUT2D eigenvalue weighted by atomic mass is 35.5. The third kappa shape index (κ3) is 6.11.